The van der Waals surface area contributed by atoms with Crippen molar-refractivity contribution in [2.24, 2.45) is 5.92 Å². The molecular weight excluding hydrogens is 556 g/mol. The van der Waals surface area contributed by atoms with E-state index >= 15 is 0 Å². The number of aromatic nitrogens is 3. The van der Waals surface area contributed by atoms with Gasteiger partial charge in [0, 0.05) is 61.3 Å². The molecule has 2 aromatic carbocycles. The highest BCUT2D eigenvalue weighted by molar-refractivity contribution is 5.96. The molecule has 6 rings (SSSR count). The third kappa shape index (κ3) is 5.50. The molecule has 2 saturated heterocycles. The van der Waals surface area contributed by atoms with Gasteiger partial charge in [0.05, 0.1) is 19.0 Å². The fourth-order valence-electron chi connectivity index (χ4n) is 5.84. The van der Waals surface area contributed by atoms with Crippen molar-refractivity contribution in [3.8, 4) is 17.0 Å². The molecule has 2 amide bonds. The Morgan fingerprint density at radius 2 is 1.74 bits per heavy atom. The normalized spacial score (nSPS) is 16.0. The zero-order valence-corrected chi connectivity index (χ0v) is 24.1. The molecule has 2 aliphatic rings. The van der Waals surface area contributed by atoms with E-state index in [1.165, 1.54) is 25.4 Å². The Balaban J connectivity index is 1.15. The smallest absolute Gasteiger partial charge is 0.254 e. The van der Waals surface area contributed by atoms with Crippen LogP contribution in [0.1, 0.15) is 28.8 Å². The first-order chi connectivity index (χ1) is 20.9. The lowest BCUT2D eigenvalue weighted by atomic mass is 9.96. The minimum Gasteiger partial charge on any atom is -0.494 e. The van der Waals surface area contributed by atoms with Gasteiger partial charge in [-0.05, 0) is 68.8 Å². The van der Waals surface area contributed by atoms with E-state index in [9.17, 15) is 18.4 Å². The molecule has 43 heavy (non-hydrogen) atoms. The standard InChI is InChI=1S/C31H33F2N7O3/c1-19-17-21(3-4-22(19)31(42)39-15-13-38(14-16-39)30(41)20-7-9-34-10-8-20)37-28-29-36-18-24(40(29)12-11-35-28)23-5-6-25(43-2)27(33)26(23)32/h3-6,11-12,17-18,20,34H,7-10,13-16H2,1-2H3,(H,35,37). The van der Waals surface area contributed by atoms with Crippen molar-refractivity contribution in [1.82, 2.24) is 29.5 Å². The SMILES string of the molecule is COc1ccc(-c2cnc3c(Nc4ccc(C(=O)N5CCN(C(=O)C6CCNCC6)CC5)c(C)c4)nccn23)c(F)c1F. The van der Waals surface area contributed by atoms with Gasteiger partial charge >= 0.3 is 0 Å². The van der Waals surface area contributed by atoms with Gasteiger partial charge in [0.2, 0.25) is 11.7 Å². The molecule has 2 aromatic heterocycles. The van der Waals surface area contributed by atoms with E-state index in [1.807, 2.05) is 17.9 Å². The van der Waals surface area contributed by atoms with Crippen LogP contribution in [0.15, 0.2) is 48.9 Å². The van der Waals surface area contributed by atoms with E-state index in [1.54, 1.807) is 33.8 Å². The molecular formula is C31H33F2N7O3. The molecule has 4 aromatic rings. The lowest BCUT2D eigenvalue weighted by Crippen LogP contribution is -2.52. The largest absolute Gasteiger partial charge is 0.494 e. The maximum atomic E-state index is 14.8. The second-order valence-corrected chi connectivity index (χ2v) is 10.9. The van der Waals surface area contributed by atoms with E-state index in [0.29, 0.717) is 54.6 Å². The molecule has 0 radical (unpaired) electrons. The molecule has 4 heterocycles. The third-order valence-electron chi connectivity index (χ3n) is 8.26. The number of piperazine rings is 1. The number of ether oxygens (including phenoxy) is 1. The van der Waals surface area contributed by atoms with Crippen molar-refractivity contribution in [3.05, 3.63) is 71.7 Å². The van der Waals surface area contributed by atoms with Crippen molar-refractivity contribution in [2.45, 2.75) is 19.8 Å². The lowest BCUT2D eigenvalue weighted by molar-refractivity contribution is -0.137. The monoisotopic (exact) mass is 589 g/mol. The Morgan fingerprint density at radius 1 is 1.00 bits per heavy atom. The van der Waals surface area contributed by atoms with Crippen LogP contribution in [-0.2, 0) is 4.79 Å². The van der Waals surface area contributed by atoms with Gasteiger partial charge in [0.15, 0.2) is 23.0 Å². The number of methoxy groups -OCH3 is 1. The molecule has 2 aliphatic heterocycles. The summed E-state index contributed by atoms with van der Waals surface area (Å²) in [6.45, 7) is 5.71. The highest BCUT2D eigenvalue weighted by Gasteiger charge is 2.30. The lowest BCUT2D eigenvalue weighted by Gasteiger charge is -2.37. The number of amides is 2. The minimum absolute atomic E-state index is 0.0399. The topological polar surface area (TPSA) is 104 Å². The first-order valence-corrected chi connectivity index (χ1v) is 14.4. The number of hydrogen-bond donors (Lipinski definition) is 2. The predicted molar refractivity (Wildman–Crippen MR) is 157 cm³/mol. The van der Waals surface area contributed by atoms with Crippen LogP contribution in [0.25, 0.3) is 16.9 Å². The molecule has 10 nitrogen and oxygen atoms in total. The summed E-state index contributed by atoms with van der Waals surface area (Å²) in [5.41, 5.74) is 2.89. The van der Waals surface area contributed by atoms with E-state index in [-0.39, 0.29) is 29.0 Å². The van der Waals surface area contributed by atoms with Crippen LogP contribution in [0.3, 0.4) is 0 Å². The number of anilines is 2. The van der Waals surface area contributed by atoms with E-state index < -0.39 is 11.6 Å². The van der Waals surface area contributed by atoms with Gasteiger partial charge in [-0.1, -0.05) is 0 Å². The van der Waals surface area contributed by atoms with Crippen molar-refractivity contribution in [2.75, 3.05) is 51.7 Å². The van der Waals surface area contributed by atoms with Crippen molar-refractivity contribution in [1.29, 1.82) is 0 Å². The molecule has 0 atom stereocenters. The summed E-state index contributed by atoms with van der Waals surface area (Å²) >= 11 is 0. The highest BCUT2D eigenvalue weighted by atomic mass is 19.2. The number of carbonyl (C=O) groups excluding carboxylic acids is 2. The van der Waals surface area contributed by atoms with Crippen LogP contribution in [0.2, 0.25) is 0 Å². The fourth-order valence-corrected chi connectivity index (χ4v) is 5.84. The zero-order valence-electron chi connectivity index (χ0n) is 24.1. The summed E-state index contributed by atoms with van der Waals surface area (Å²) in [6.07, 6.45) is 6.35. The average Bonchev–Trinajstić information content (AvgIpc) is 3.47. The van der Waals surface area contributed by atoms with Crippen LogP contribution in [-0.4, -0.2) is 82.4 Å². The molecule has 0 unspecified atom stereocenters. The molecule has 2 fully saturated rings. The Bertz CT molecular complexity index is 1680. The van der Waals surface area contributed by atoms with Gasteiger partial charge in [-0.2, -0.15) is 4.39 Å². The second-order valence-electron chi connectivity index (χ2n) is 10.9. The zero-order chi connectivity index (χ0) is 30.1. The summed E-state index contributed by atoms with van der Waals surface area (Å²) in [5, 5.41) is 6.53. The number of fused-ring (bicyclic) bond motifs is 1. The average molecular weight is 590 g/mol. The minimum atomic E-state index is -1.07. The number of imidazole rings is 1. The highest BCUT2D eigenvalue weighted by Crippen LogP contribution is 2.32. The predicted octanol–water partition coefficient (Wildman–Crippen LogP) is 4.02. The number of hydrogen-bond acceptors (Lipinski definition) is 7. The Labute approximate surface area is 247 Å². The first-order valence-electron chi connectivity index (χ1n) is 14.4. The third-order valence-corrected chi connectivity index (χ3v) is 8.26. The van der Waals surface area contributed by atoms with Crippen LogP contribution >= 0.6 is 0 Å². The van der Waals surface area contributed by atoms with E-state index in [0.717, 1.165) is 31.5 Å². The Kier molecular flexibility index (Phi) is 7.94. The first kappa shape index (κ1) is 28.5. The van der Waals surface area contributed by atoms with Crippen molar-refractivity contribution < 1.29 is 23.1 Å². The van der Waals surface area contributed by atoms with Crippen LogP contribution in [0.5, 0.6) is 5.75 Å². The quantitative estimate of drug-likeness (QED) is 0.350. The maximum absolute atomic E-state index is 14.8. The molecule has 0 spiro atoms. The summed E-state index contributed by atoms with van der Waals surface area (Å²) in [4.78, 5) is 38.8. The van der Waals surface area contributed by atoms with Gasteiger partial charge in [-0.3, -0.25) is 14.0 Å². The van der Waals surface area contributed by atoms with Crippen molar-refractivity contribution >= 4 is 29.0 Å². The molecule has 0 saturated carbocycles. The molecule has 2 N–H and O–H groups in total. The van der Waals surface area contributed by atoms with Crippen LogP contribution in [0.4, 0.5) is 20.3 Å². The number of carbonyl (C=O) groups is 2. The number of aryl methyl sites for hydroxylation is 1. The summed E-state index contributed by atoms with van der Waals surface area (Å²) < 4.78 is 35.7. The van der Waals surface area contributed by atoms with Gasteiger partial charge in [0.25, 0.3) is 5.91 Å². The van der Waals surface area contributed by atoms with Gasteiger partial charge in [-0.15, -0.1) is 0 Å². The number of piperidine rings is 1. The number of nitrogens with one attached hydrogen (secondary N) is 2. The van der Waals surface area contributed by atoms with Gasteiger partial charge in [0.1, 0.15) is 0 Å². The summed E-state index contributed by atoms with van der Waals surface area (Å²) in [7, 11) is 1.28. The number of nitrogens with zero attached hydrogens (tertiary/aromatic N) is 5. The van der Waals surface area contributed by atoms with Crippen LogP contribution < -0.4 is 15.4 Å². The summed E-state index contributed by atoms with van der Waals surface area (Å²) in [6, 6.07) is 8.25. The van der Waals surface area contributed by atoms with Crippen molar-refractivity contribution in [3.63, 3.8) is 0 Å². The fraction of sp³-hybridized carbons (Fsp3) is 0.355. The number of halogens is 2. The summed E-state index contributed by atoms with van der Waals surface area (Å²) in [5.74, 6) is -1.65. The number of benzene rings is 2. The van der Waals surface area contributed by atoms with Gasteiger partial charge in [-0.25, -0.2) is 14.4 Å². The van der Waals surface area contributed by atoms with Gasteiger partial charge < -0.3 is 25.2 Å². The molecule has 0 aliphatic carbocycles. The number of rotatable bonds is 6. The van der Waals surface area contributed by atoms with Crippen LogP contribution in [0, 0.1) is 24.5 Å². The Morgan fingerprint density at radius 3 is 2.47 bits per heavy atom. The Hall–Kier alpha value is -4.58. The maximum Gasteiger partial charge on any atom is 0.254 e. The molecule has 12 heteroatoms. The molecule has 0 bridgehead atoms. The second kappa shape index (κ2) is 12.0. The van der Waals surface area contributed by atoms with E-state index in [4.69, 9.17) is 4.74 Å². The molecule has 224 valence electrons. The van der Waals surface area contributed by atoms with E-state index in [2.05, 4.69) is 20.6 Å².